The molecule has 1 heteroatoms. The fraction of sp³-hybridized carbons (Fsp3) is 0.300. The minimum absolute atomic E-state index is 1.07. The lowest BCUT2D eigenvalue weighted by atomic mass is 10.4. The van der Waals surface area contributed by atoms with Gasteiger partial charge in [0.2, 0.25) is 0 Å². The van der Waals surface area contributed by atoms with E-state index in [1.807, 2.05) is 39.0 Å². The lowest BCUT2D eigenvalue weighted by Gasteiger charge is -1.82. The first-order valence-electron chi connectivity index (χ1n) is 3.77. The van der Waals surface area contributed by atoms with Crippen LogP contribution in [-0.4, -0.2) is 4.98 Å². The molecule has 0 saturated carbocycles. The third kappa shape index (κ3) is 8.89. The Hall–Kier alpha value is -1.11. The van der Waals surface area contributed by atoms with E-state index < -0.39 is 0 Å². The van der Waals surface area contributed by atoms with Crippen molar-refractivity contribution in [3.63, 3.8) is 0 Å². The van der Waals surface area contributed by atoms with Crippen LogP contribution in [0.5, 0.6) is 0 Å². The van der Waals surface area contributed by atoms with Gasteiger partial charge < -0.3 is 0 Å². The molecule has 1 heterocycles. The minimum Gasteiger partial charge on any atom is -0.262 e. The van der Waals surface area contributed by atoms with E-state index in [0.717, 1.165) is 5.69 Å². The predicted molar refractivity (Wildman–Crippen MR) is 51.6 cm³/mol. The molecule has 0 atom stereocenters. The normalized spacial score (nSPS) is 6.45. The maximum Gasteiger partial charge on any atom is 0.0372 e. The van der Waals surface area contributed by atoms with Gasteiger partial charge in [-0.05, 0) is 19.1 Å². The molecule has 0 aromatic carbocycles. The van der Waals surface area contributed by atoms with Crippen LogP contribution < -0.4 is 0 Å². The van der Waals surface area contributed by atoms with Gasteiger partial charge in [-0.25, -0.2) is 0 Å². The van der Waals surface area contributed by atoms with Gasteiger partial charge in [0.25, 0.3) is 0 Å². The molecular weight excluding hydrogens is 134 g/mol. The van der Waals surface area contributed by atoms with E-state index in [1.54, 1.807) is 6.20 Å². The summed E-state index contributed by atoms with van der Waals surface area (Å²) in [5, 5.41) is 0. The van der Waals surface area contributed by atoms with Crippen molar-refractivity contribution in [2.75, 3.05) is 0 Å². The van der Waals surface area contributed by atoms with Crippen molar-refractivity contribution in [1.29, 1.82) is 0 Å². The molecule has 0 unspecified atom stereocenters. The summed E-state index contributed by atoms with van der Waals surface area (Å²) in [5.74, 6) is 0. The van der Waals surface area contributed by atoms with Crippen LogP contribution in [-0.2, 0) is 0 Å². The Morgan fingerprint density at radius 3 is 1.91 bits per heavy atom. The highest BCUT2D eigenvalue weighted by molar-refractivity contribution is 4.99. The molecule has 0 aliphatic heterocycles. The van der Waals surface area contributed by atoms with E-state index >= 15 is 0 Å². The lowest BCUT2D eigenvalue weighted by Crippen LogP contribution is -1.72. The maximum absolute atomic E-state index is 3.98. The van der Waals surface area contributed by atoms with Crippen LogP contribution in [0.15, 0.2) is 37.6 Å². The van der Waals surface area contributed by atoms with Crippen LogP contribution in [0, 0.1) is 6.92 Å². The van der Waals surface area contributed by atoms with Crippen molar-refractivity contribution in [2.24, 2.45) is 0 Å². The van der Waals surface area contributed by atoms with E-state index in [9.17, 15) is 0 Å². The summed E-state index contributed by atoms with van der Waals surface area (Å²) in [4.78, 5) is 3.98. The number of nitrogens with zero attached hydrogens (tertiary/aromatic N) is 1. The first-order chi connectivity index (χ1) is 5.39. The first kappa shape index (κ1) is 12.6. The lowest BCUT2D eigenvalue weighted by molar-refractivity contribution is 1.20. The number of hydrogen-bond donors (Lipinski definition) is 0. The summed E-state index contributed by atoms with van der Waals surface area (Å²) in [6.45, 7) is 12.0. The standard InChI is InChI=1S/C6H7N.C2H6.C2H4/c1-6-4-2-3-5-7-6;2*1-2/h2-5H,1H3;1-2H3;1-2H2. The van der Waals surface area contributed by atoms with E-state index in [-0.39, 0.29) is 0 Å². The molecule has 1 aromatic rings. The largest absolute Gasteiger partial charge is 0.262 e. The quantitative estimate of drug-likeness (QED) is 0.519. The zero-order valence-electron chi connectivity index (χ0n) is 7.67. The molecule has 0 saturated heterocycles. The topological polar surface area (TPSA) is 12.9 Å². The summed E-state index contributed by atoms with van der Waals surface area (Å²) < 4.78 is 0. The minimum atomic E-state index is 1.07. The van der Waals surface area contributed by atoms with Gasteiger partial charge in [0.1, 0.15) is 0 Å². The molecular formula is C10H17N. The van der Waals surface area contributed by atoms with E-state index in [2.05, 4.69) is 18.1 Å². The molecule has 0 fully saturated rings. The van der Waals surface area contributed by atoms with Gasteiger partial charge in [-0.15, -0.1) is 13.2 Å². The number of aromatic nitrogens is 1. The van der Waals surface area contributed by atoms with Gasteiger partial charge in [-0.2, -0.15) is 0 Å². The number of pyridine rings is 1. The van der Waals surface area contributed by atoms with Crippen molar-refractivity contribution in [3.8, 4) is 0 Å². The van der Waals surface area contributed by atoms with Gasteiger partial charge in [-0.1, -0.05) is 19.9 Å². The molecule has 0 aliphatic rings. The van der Waals surface area contributed by atoms with Crippen molar-refractivity contribution < 1.29 is 0 Å². The van der Waals surface area contributed by atoms with E-state index in [4.69, 9.17) is 0 Å². The summed E-state index contributed by atoms with van der Waals surface area (Å²) in [6, 6.07) is 5.86. The predicted octanol–water partition coefficient (Wildman–Crippen LogP) is 3.22. The second kappa shape index (κ2) is 11.7. The molecule has 0 amide bonds. The number of hydrogen-bond acceptors (Lipinski definition) is 1. The first-order valence-corrected chi connectivity index (χ1v) is 3.77. The van der Waals surface area contributed by atoms with Gasteiger partial charge in [-0.3, -0.25) is 4.98 Å². The van der Waals surface area contributed by atoms with Crippen LogP contribution in [0.2, 0.25) is 0 Å². The maximum atomic E-state index is 3.98. The zero-order chi connectivity index (χ0) is 9.11. The van der Waals surface area contributed by atoms with Gasteiger partial charge >= 0.3 is 0 Å². The monoisotopic (exact) mass is 151 g/mol. The molecule has 62 valence electrons. The second-order valence-electron chi connectivity index (χ2n) is 1.47. The van der Waals surface area contributed by atoms with Gasteiger partial charge in [0.15, 0.2) is 0 Å². The Labute approximate surface area is 69.8 Å². The highest BCUT2D eigenvalue weighted by Crippen LogP contribution is 1.85. The van der Waals surface area contributed by atoms with Crippen LogP contribution in [0.1, 0.15) is 19.5 Å². The fourth-order valence-corrected chi connectivity index (χ4v) is 0.448. The molecule has 11 heavy (non-hydrogen) atoms. The van der Waals surface area contributed by atoms with Crippen molar-refractivity contribution in [1.82, 2.24) is 4.98 Å². The highest BCUT2D eigenvalue weighted by atomic mass is 14.6. The summed E-state index contributed by atoms with van der Waals surface area (Å²) in [5.41, 5.74) is 1.07. The average Bonchev–Trinajstić information content (AvgIpc) is 2.13. The number of aryl methyl sites for hydroxylation is 1. The molecule has 0 radical (unpaired) electrons. The number of rotatable bonds is 0. The van der Waals surface area contributed by atoms with E-state index in [1.165, 1.54) is 0 Å². The molecule has 1 nitrogen and oxygen atoms in total. The van der Waals surface area contributed by atoms with Gasteiger partial charge in [0.05, 0.1) is 0 Å². The summed E-state index contributed by atoms with van der Waals surface area (Å²) in [6.07, 6.45) is 1.79. The Kier molecular flexibility index (Phi) is 13.3. The molecule has 0 bridgehead atoms. The average molecular weight is 151 g/mol. The molecule has 0 aliphatic carbocycles. The van der Waals surface area contributed by atoms with Crippen LogP contribution in [0.3, 0.4) is 0 Å². The molecule has 1 rings (SSSR count). The third-order valence-electron chi connectivity index (χ3n) is 0.813. The van der Waals surface area contributed by atoms with Gasteiger partial charge in [0, 0.05) is 11.9 Å². The second-order valence-corrected chi connectivity index (χ2v) is 1.47. The molecule has 1 aromatic heterocycles. The molecule has 0 N–H and O–H groups in total. The Morgan fingerprint density at radius 1 is 1.18 bits per heavy atom. The Bertz CT molecular complexity index is 146. The van der Waals surface area contributed by atoms with Crippen LogP contribution in [0.25, 0.3) is 0 Å². The Morgan fingerprint density at radius 2 is 1.73 bits per heavy atom. The Balaban J connectivity index is 0. The zero-order valence-corrected chi connectivity index (χ0v) is 7.67. The third-order valence-corrected chi connectivity index (χ3v) is 0.813. The highest BCUT2D eigenvalue weighted by Gasteiger charge is 1.73. The van der Waals surface area contributed by atoms with Crippen molar-refractivity contribution >= 4 is 0 Å². The summed E-state index contributed by atoms with van der Waals surface area (Å²) >= 11 is 0. The fourth-order valence-electron chi connectivity index (χ4n) is 0.448. The van der Waals surface area contributed by atoms with Crippen molar-refractivity contribution in [3.05, 3.63) is 43.2 Å². The van der Waals surface area contributed by atoms with Crippen LogP contribution in [0.4, 0.5) is 0 Å². The SMILES string of the molecule is C=C.CC.Cc1ccccn1. The summed E-state index contributed by atoms with van der Waals surface area (Å²) in [7, 11) is 0. The van der Waals surface area contributed by atoms with E-state index in [0.29, 0.717) is 0 Å². The smallest absolute Gasteiger partial charge is 0.0372 e. The van der Waals surface area contributed by atoms with Crippen LogP contribution >= 0.6 is 0 Å². The molecule has 0 spiro atoms. The van der Waals surface area contributed by atoms with Crippen molar-refractivity contribution in [2.45, 2.75) is 20.8 Å².